The van der Waals surface area contributed by atoms with E-state index in [1.807, 2.05) is 11.3 Å². The summed E-state index contributed by atoms with van der Waals surface area (Å²) in [5.41, 5.74) is 3.23. The molecule has 0 amide bonds. The van der Waals surface area contributed by atoms with Crippen LogP contribution in [0.25, 0.3) is 11.1 Å². The molecule has 1 heterocycles. The summed E-state index contributed by atoms with van der Waals surface area (Å²) >= 11 is 1.86. The Morgan fingerprint density at radius 1 is 1.16 bits per heavy atom. The SMILES string of the molecule is CC1(CNCc2cc(-c3ccccc3)cs2)CCC1. The smallest absolute Gasteiger partial charge is 0.0300 e. The Bertz CT molecular complexity index is 525. The first kappa shape index (κ1) is 12.9. The largest absolute Gasteiger partial charge is 0.311 e. The van der Waals surface area contributed by atoms with Crippen molar-refractivity contribution in [2.45, 2.75) is 32.7 Å². The van der Waals surface area contributed by atoms with Crippen LogP contribution < -0.4 is 5.32 Å². The van der Waals surface area contributed by atoms with Crippen molar-refractivity contribution in [3.8, 4) is 11.1 Å². The van der Waals surface area contributed by atoms with Crippen molar-refractivity contribution in [2.24, 2.45) is 5.41 Å². The van der Waals surface area contributed by atoms with Crippen LogP contribution in [0.1, 0.15) is 31.1 Å². The molecule has 1 N–H and O–H groups in total. The third-order valence-electron chi connectivity index (χ3n) is 4.17. The minimum Gasteiger partial charge on any atom is -0.311 e. The second-order valence-electron chi connectivity index (χ2n) is 5.94. The molecule has 1 saturated carbocycles. The van der Waals surface area contributed by atoms with Gasteiger partial charge in [-0.15, -0.1) is 11.3 Å². The molecule has 0 unspecified atom stereocenters. The molecule has 1 aliphatic rings. The molecule has 2 aromatic rings. The van der Waals surface area contributed by atoms with Crippen LogP contribution >= 0.6 is 11.3 Å². The first-order valence-electron chi connectivity index (χ1n) is 7.09. The van der Waals surface area contributed by atoms with E-state index in [-0.39, 0.29) is 0 Å². The third-order valence-corrected chi connectivity index (χ3v) is 5.11. The molecule has 100 valence electrons. The van der Waals surface area contributed by atoms with Gasteiger partial charge in [0, 0.05) is 18.0 Å². The van der Waals surface area contributed by atoms with E-state index < -0.39 is 0 Å². The molecule has 0 bridgehead atoms. The lowest BCUT2D eigenvalue weighted by molar-refractivity contribution is 0.156. The van der Waals surface area contributed by atoms with E-state index >= 15 is 0 Å². The summed E-state index contributed by atoms with van der Waals surface area (Å²) in [4.78, 5) is 1.43. The Balaban J connectivity index is 1.56. The molecule has 0 radical (unpaired) electrons. The van der Waals surface area contributed by atoms with Gasteiger partial charge in [0.15, 0.2) is 0 Å². The second kappa shape index (κ2) is 5.48. The minimum absolute atomic E-state index is 0.569. The maximum Gasteiger partial charge on any atom is 0.0300 e. The average molecular weight is 271 g/mol. The van der Waals surface area contributed by atoms with Crippen molar-refractivity contribution in [1.82, 2.24) is 5.32 Å². The standard InChI is InChI=1S/C17H21NS/c1-17(8-5-9-17)13-18-11-16-10-15(12-19-16)14-6-3-2-4-7-14/h2-4,6-7,10,12,18H,5,8-9,11,13H2,1H3. The van der Waals surface area contributed by atoms with E-state index in [9.17, 15) is 0 Å². The Labute approximate surface area is 119 Å². The molecule has 3 rings (SSSR count). The molecular weight excluding hydrogens is 250 g/mol. The van der Waals surface area contributed by atoms with Gasteiger partial charge < -0.3 is 5.32 Å². The lowest BCUT2D eigenvalue weighted by Gasteiger charge is -2.38. The zero-order valence-corrected chi connectivity index (χ0v) is 12.3. The highest BCUT2D eigenvalue weighted by molar-refractivity contribution is 7.10. The molecule has 1 aromatic carbocycles. The summed E-state index contributed by atoms with van der Waals surface area (Å²) in [6.45, 7) is 4.56. The van der Waals surface area contributed by atoms with Crippen molar-refractivity contribution >= 4 is 11.3 Å². The predicted molar refractivity (Wildman–Crippen MR) is 83.4 cm³/mol. The topological polar surface area (TPSA) is 12.0 Å². The van der Waals surface area contributed by atoms with E-state index in [1.54, 1.807) is 0 Å². The lowest BCUT2D eigenvalue weighted by atomic mass is 9.70. The van der Waals surface area contributed by atoms with Crippen molar-refractivity contribution in [3.05, 3.63) is 46.7 Å². The van der Waals surface area contributed by atoms with E-state index in [1.165, 1.54) is 35.3 Å². The summed E-state index contributed by atoms with van der Waals surface area (Å²) < 4.78 is 0. The van der Waals surface area contributed by atoms with Crippen LogP contribution in [0.2, 0.25) is 0 Å². The van der Waals surface area contributed by atoms with Crippen LogP contribution in [-0.4, -0.2) is 6.54 Å². The highest BCUT2D eigenvalue weighted by atomic mass is 32.1. The van der Waals surface area contributed by atoms with E-state index in [2.05, 4.69) is 54.0 Å². The predicted octanol–water partition coefficient (Wildman–Crippen LogP) is 4.69. The Hall–Kier alpha value is -1.12. The fraction of sp³-hybridized carbons (Fsp3) is 0.412. The van der Waals surface area contributed by atoms with Gasteiger partial charge in [0.25, 0.3) is 0 Å². The maximum absolute atomic E-state index is 3.62. The van der Waals surface area contributed by atoms with Gasteiger partial charge >= 0.3 is 0 Å². The normalized spacial score (nSPS) is 17.1. The average Bonchev–Trinajstić information content (AvgIpc) is 2.87. The summed E-state index contributed by atoms with van der Waals surface area (Å²) in [5.74, 6) is 0. The van der Waals surface area contributed by atoms with E-state index in [0.717, 1.165) is 13.1 Å². The summed E-state index contributed by atoms with van der Waals surface area (Å²) in [6, 6.07) is 12.9. The first-order chi connectivity index (χ1) is 9.25. The fourth-order valence-corrected chi connectivity index (χ4v) is 3.56. The zero-order valence-electron chi connectivity index (χ0n) is 11.5. The Morgan fingerprint density at radius 2 is 1.95 bits per heavy atom. The molecule has 1 aliphatic carbocycles. The molecule has 0 saturated heterocycles. The monoisotopic (exact) mass is 271 g/mol. The number of hydrogen-bond donors (Lipinski definition) is 1. The van der Waals surface area contributed by atoms with Gasteiger partial charge in [-0.25, -0.2) is 0 Å². The lowest BCUT2D eigenvalue weighted by Crippen LogP contribution is -2.36. The fourth-order valence-electron chi connectivity index (χ4n) is 2.70. The summed E-state index contributed by atoms with van der Waals surface area (Å²) in [5, 5.41) is 5.88. The molecule has 19 heavy (non-hydrogen) atoms. The molecule has 2 heteroatoms. The maximum atomic E-state index is 3.62. The van der Waals surface area contributed by atoms with Crippen LogP contribution in [-0.2, 0) is 6.54 Å². The quantitative estimate of drug-likeness (QED) is 0.831. The van der Waals surface area contributed by atoms with E-state index in [4.69, 9.17) is 0 Å². The first-order valence-corrected chi connectivity index (χ1v) is 7.97. The van der Waals surface area contributed by atoms with Gasteiger partial charge in [0.05, 0.1) is 0 Å². The van der Waals surface area contributed by atoms with Crippen molar-refractivity contribution < 1.29 is 0 Å². The molecule has 1 nitrogen and oxygen atoms in total. The molecule has 1 fully saturated rings. The van der Waals surface area contributed by atoms with Gasteiger partial charge in [0.1, 0.15) is 0 Å². The number of nitrogens with one attached hydrogen (secondary N) is 1. The highest BCUT2D eigenvalue weighted by Gasteiger charge is 2.30. The van der Waals surface area contributed by atoms with Crippen molar-refractivity contribution in [3.63, 3.8) is 0 Å². The number of benzene rings is 1. The molecular formula is C17H21NS. The Kier molecular flexibility index (Phi) is 3.72. The number of rotatable bonds is 5. The van der Waals surface area contributed by atoms with Crippen molar-refractivity contribution in [1.29, 1.82) is 0 Å². The Morgan fingerprint density at radius 3 is 2.63 bits per heavy atom. The van der Waals surface area contributed by atoms with Crippen LogP contribution in [0.4, 0.5) is 0 Å². The van der Waals surface area contributed by atoms with Gasteiger partial charge in [-0.05, 0) is 40.8 Å². The van der Waals surface area contributed by atoms with Gasteiger partial charge in [-0.1, -0.05) is 43.7 Å². The highest BCUT2D eigenvalue weighted by Crippen LogP contribution is 2.39. The van der Waals surface area contributed by atoms with E-state index in [0.29, 0.717) is 5.41 Å². The third kappa shape index (κ3) is 3.07. The van der Waals surface area contributed by atoms with Gasteiger partial charge in [-0.2, -0.15) is 0 Å². The van der Waals surface area contributed by atoms with Crippen LogP contribution in [0.15, 0.2) is 41.8 Å². The molecule has 1 aromatic heterocycles. The second-order valence-corrected chi connectivity index (χ2v) is 6.93. The molecule has 0 atom stereocenters. The number of hydrogen-bond acceptors (Lipinski definition) is 2. The summed E-state index contributed by atoms with van der Waals surface area (Å²) in [6.07, 6.45) is 4.19. The van der Waals surface area contributed by atoms with Gasteiger partial charge in [0.2, 0.25) is 0 Å². The van der Waals surface area contributed by atoms with Crippen LogP contribution in [0.3, 0.4) is 0 Å². The van der Waals surface area contributed by atoms with Crippen LogP contribution in [0, 0.1) is 5.41 Å². The molecule has 0 aliphatic heterocycles. The van der Waals surface area contributed by atoms with Gasteiger partial charge in [-0.3, -0.25) is 0 Å². The van der Waals surface area contributed by atoms with Crippen LogP contribution in [0.5, 0.6) is 0 Å². The zero-order chi connectivity index (χ0) is 13.1. The minimum atomic E-state index is 0.569. The summed E-state index contributed by atoms with van der Waals surface area (Å²) in [7, 11) is 0. The number of thiophene rings is 1. The van der Waals surface area contributed by atoms with Crippen molar-refractivity contribution in [2.75, 3.05) is 6.54 Å². The molecule has 0 spiro atoms.